The van der Waals surface area contributed by atoms with Gasteiger partial charge in [-0.1, -0.05) is 96.5 Å². The van der Waals surface area contributed by atoms with E-state index >= 15 is 0 Å². The first-order valence-electron chi connectivity index (χ1n) is 16.4. The van der Waals surface area contributed by atoms with Crippen LogP contribution >= 0.6 is 34.8 Å². The van der Waals surface area contributed by atoms with Gasteiger partial charge in [-0.3, -0.25) is 13.9 Å². The lowest BCUT2D eigenvalue weighted by atomic mass is 9.94. The maximum absolute atomic E-state index is 14.8. The Kier molecular flexibility index (Phi) is 12.3. The third-order valence-corrected chi connectivity index (χ3v) is 11.8. The van der Waals surface area contributed by atoms with Crippen molar-refractivity contribution in [1.82, 2.24) is 10.2 Å². The third-order valence-electron chi connectivity index (χ3n) is 9.07. The van der Waals surface area contributed by atoms with Gasteiger partial charge in [0, 0.05) is 39.6 Å². The van der Waals surface area contributed by atoms with Crippen molar-refractivity contribution in [2.24, 2.45) is 0 Å². The number of anilines is 1. The first-order chi connectivity index (χ1) is 23.4. The summed E-state index contributed by atoms with van der Waals surface area (Å²) in [6, 6.07) is 24.5. The Morgan fingerprint density at radius 2 is 1.47 bits per heavy atom. The van der Waals surface area contributed by atoms with Crippen LogP contribution in [0.25, 0.3) is 0 Å². The van der Waals surface area contributed by atoms with E-state index in [0.29, 0.717) is 26.3 Å². The fraction of sp³-hybridized carbons (Fsp3) is 0.316. The minimum absolute atomic E-state index is 0.0160. The van der Waals surface area contributed by atoms with Crippen LogP contribution in [0.4, 0.5) is 5.69 Å². The highest BCUT2D eigenvalue weighted by atomic mass is 35.5. The molecule has 1 atom stereocenters. The molecule has 0 radical (unpaired) electrons. The highest BCUT2D eigenvalue weighted by Gasteiger charge is 2.36. The topological polar surface area (TPSA) is 86.8 Å². The number of nitrogens with zero attached hydrogens (tertiary/aromatic N) is 2. The van der Waals surface area contributed by atoms with E-state index in [0.717, 1.165) is 53.1 Å². The summed E-state index contributed by atoms with van der Waals surface area (Å²) >= 11 is 19.4. The van der Waals surface area contributed by atoms with Crippen molar-refractivity contribution in [2.45, 2.75) is 75.9 Å². The zero-order valence-electron chi connectivity index (χ0n) is 27.5. The van der Waals surface area contributed by atoms with E-state index in [4.69, 9.17) is 34.8 Å². The van der Waals surface area contributed by atoms with E-state index in [1.54, 1.807) is 30.3 Å². The van der Waals surface area contributed by atoms with E-state index in [1.165, 1.54) is 29.2 Å². The molecule has 0 spiro atoms. The summed E-state index contributed by atoms with van der Waals surface area (Å²) in [7, 11) is -4.27. The highest BCUT2D eigenvalue weighted by molar-refractivity contribution is 7.92. The summed E-state index contributed by atoms with van der Waals surface area (Å²) in [5.74, 6) is -0.906. The molecule has 0 heterocycles. The summed E-state index contributed by atoms with van der Waals surface area (Å²) in [6.45, 7) is 3.10. The molecule has 7 nitrogen and oxygen atoms in total. The Morgan fingerprint density at radius 3 is 2.10 bits per heavy atom. The van der Waals surface area contributed by atoms with Gasteiger partial charge in [-0.05, 0) is 91.9 Å². The number of hydrogen-bond acceptors (Lipinski definition) is 4. The normalized spacial score (nSPS) is 14.2. The molecule has 258 valence electrons. The first-order valence-corrected chi connectivity index (χ1v) is 18.9. The van der Waals surface area contributed by atoms with Gasteiger partial charge in [0.1, 0.15) is 12.6 Å². The van der Waals surface area contributed by atoms with E-state index in [2.05, 4.69) is 5.32 Å². The molecule has 0 saturated heterocycles. The van der Waals surface area contributed by atoms with Crippen molar-refractivity contribution < 1.29 is 18.0 Å². The maximum atomic E-state index is 14.8. The number of carbonyl (C=O) groups is 2. The van der Waals surface area contributed by atoms with Gasteiger partial charge in [-0.25, -0.2) is 8.42 Å². The zero-order chi connectivity index (χ0) is 35.1. The van der Waals surface area contributed by atoms with Crippen LogP contribution in [0.1, 0.15) is 54.4 Å². The van der Waals surface area contributed by atoms with Crippen molar-refractivity contribution in [3.05, 3.63) is 128 Å². The maximum Gasteiger partial charge on any atom is 0.264 e. The Labute approximate surface area is 304 Å². The average Bonchev–Trinajstić information content (AvgIpc) is 3.08. The van der Waals surface area contributed by atoms with Crippen molar-refractivity contribution in [1.29, 1.82) is 0 Å². The van der Waals surface area contributed by atoms with Gasteiger partial charge in [0.05, 0.1) is 10.6 Å². The Hall–Kier alpha value is -3.56. The van der Waals surface area contributed by atoms with E-state index in [-0.39, 0.29) is 29.8 Å². The number of amides is 2. The first kappa shape index (κ1) is 36.7. The number of benzene rings is 4. The van der Waals surface area contributed by atoms with Crippen LogP contribution in [0, 0.1) is 13.8 Å². The molecule has 1 saturated carbocycles. The summed E-state index contributed by atoms with van der Waals surface area (Å²) in [4.78, 5) is 30.5. The molecule has 5 rings (SSSR count). The molecule has 0 aliphatic heterocycles. The second-order valence-electron chi connectivity index (χ2n) is 12.5. The molecule has 0 aromatic heterocycles. The molecule has 2 amide bonds. The number of carbonyl (C=O) groups excluding carboxylic acids is 2. The minimum atomic E-state index is -4.27. The van der Waals surface area contributed by atoms with Gasteiger partial charge in [-0.2, -0.15) is 0 Å². The predicted molar refractivity (Wildman–Crippen MR) is 198 cm³/mol. The van der Waals surface area contributed by atoms with Crippen molar-refractivity contribution >= 4 is 62.3 Å². The minimum Gasteiger partial charge on any atom is -0.352 e. The van der Waals surface area contributed by atoms with Crippen LogP contribution in [0.5, 0.6) is 0 Å². The molecule has 1 N–H and O–H groups in total. The lowest BCUT2D eigenvalue weighted by Crippen LogP contribution is -2.55. The Balaban J connectivity index is 1.60. The molecule has 49 heavy (non-hydrogen) atoms. The smallest absolute Gasteiger partial charge is 0.264 e. The van der Waals surface area contributed by atoms with Gasteiger partial charge in [0.15, 0.2) is 0 Å². The van der Waals surface area contributed by atoms with Crippen LogP contribution in [0.2, 0.25) is 15.1 Å². The molecule has 1 aliphatic carbocycles. The number of sulfonamides is 1. The monoisotopic (exact) mass is 739 g/mol. The average molecular weight is 741 g/mol. The summed E-state index contributed by atoms with van der Waals surface area (Å²) < 4.78 is 29.7. The van der Waals surface area contributed by atoms with Crippen molar-refractivity contribution in [2.75, 3.05) is 10.8 Å². The fourth-order valence-corrected chi connectivity index (χ4v) is 8.14. The Bertz CT molecular complexity index is 1860. The number of aryl methyl sites for hydroxylation is 2. The predicted octanol–water partition coefficient (Wildman–Crippen LogP) is 8.55. The zero-order valence-corrected chi connectivity index (χ0v) is 30.6. The van der Waals surface area contributed by atoms with Gasteiger partial charge in [0.25, 0.3) is 10.0 Å². The van der Waals surface area contributed by atoms with Crippen LogP contribution in [-0.2, 0) is 32.6 Å². The second kappa shape index (κ2) is 16.4. The lowest BCUT2D eigenvalue weighted by molar-refractivity contribution is -0.140. The third kappa shape index (κ3) is 9.17. The highest BCUT2D eigenvalue weighted by Crippen LogP contribution is 2.30. The molecule has 11 heteroatoms. The van der Waals surface area contributed by atoms with Gasteiger partial charge in [-0.15, -0.1) is 0 Å². The Morgan fingerprint density at radius 1 is 0.816 bits per heavy atom. The van der Waals surface area contributed by atoms with Gasteiger partial charge < -0.3 is 10.2 Å². The largest absolute Gasteiger partial charge is 0.352 e. The van der Waals surface area contributed by atoms with Crippen LogP contribution in [0.3, 0.4) is 0 Å². The molecular weight excluding hydrogens is 701 g/mol. The van der Waals surface area contributed by atoms with Crippen molar-refractivity contribution in [3.63, 3.8) is 0 Å². The van der Waals surface area contributed by atoms with Crippen LogP contribution in [-0.4, -0.2) is 43.8 Å². The number of hydrogen-bond donors (Lipinski definition) is 1. The molecular formula is C38H40Cl3N3O4S. The molecule has 1 fully saturated rings. The molecule has 4 aromatic rings. The molecule has 0 unspecified atom stereocenters. The molecule has 0 bridgehead atoms. The van der Waals surface area contributed by atoms with Gasteiger partial charge >= 0.3 is 0 Å². The molecule has 4 aromatic carbocycles. The number of nitrogens with one attached hydrogen (secondary N) is 1. The summed E-state index contributed by atoms with van der Waals surface area (Å²) in [6.07, 6.45) is 5.05. The van der Waals surface area contributed by atoms with Gasteiger partial charge in [0.2, 0.25) is 11.8 Å². The SMILES string of the molecule is Cc1ccc(N(CC(=O)N(Cc2c(Cl)cccc2Cl)[C@@H](Cc2ccccc2)C(=O)NC2CCCCC2)S(=O)(=O)c2ccc(Cl)cc2)cc1C. The van der Waals surface area contributed by atoms with E-state index in [9.17, 15) is 18.0 Å². The van der Waals surface area contributed by atoms with E-state index in [1.807, 2.05) is 50.2 Å². The molecule has 1 aliphatic rings. The lowest BCUT2D eigenvalue weighted by Gasteiger charge is -2.35. The van der Waals surface area contributed by atoms with Crippen molar-refractivity contribution in [3.8, 4) is 0 Å². The standard InChI is InChI=1S/C38H40Cl3N3O4S/c1-26-16-19-31(22-27(26)2)44(49(47,48)32-20-17-29(39)18-21-32)25-37(45)43(24-33-34(40)14-9-15-35(33)41)36(23-28-10-5-3-6-11-28)38(46)42-30-12-7-4-8-13-30/h3,5-6,9-11,14-22,30,36H,4,7-8,12-13,23-25H2,1-2H3,(H,42,46)/t36-/m0/s1. The van der Waals surface area contributed by atoms with Crippen LogP contribution < -0.4 is 9.62 Å². The number of halogens is 3. The fourth-order valence-electron chi connectivity index (χ4n) is 6.10. The van der Waals surface area contributed by atoms with Crippen LogP contribution in [0.15, 0.2) is 95.9 Å². The second-order valence-corrected chi connectivity index (χ2v) is 15.6. The summed E-state index contributed by atoms with van der Waals surface area (Å²) in [5.41, 5.74) is 3.44. The number of rotatable bonds is 12. The quantitative estimate of drug-likeness (QED) is 0.158. The van der Waals surface area contributed by atoms with E-state index < -0.39 is 28.5 Å². The summed E-state index contributed by atoms with van der Waals surface area (Å²) in [5, 5.41) is 4.24.